The molecular weight excluding hydrogens is 237 g/mol. The third kappa shape index (κ3) is 2.93. The molecule has 0 aliphatic rings. The molecule has 4 nitrogen and oxygen atoms in total. The minimum Gasteiger partial charge on any atom is -0.469 e. The monoisotopic (exact) mass is 244 g/mol. The second kappa shape index (κ2) is 4.82. The minimum atomic E-state index is -4.73. The zero-order valence-electron chi connectivity index (χ0n) is 8.71. The highest BCUT2D eigenvalue weighted by atomic mass is 19.4. The van der Waals surface area contributed by atoms with E-state index in [0.29, 0.717) is 0 Å². The number of nitrogens with zero attached hydrogens (tertiary/aromatic N) is 2. The maximum atomic E-state index is 12.7. The number of rotatable bonds is 2. The molecular formula is C10H7F3N2O2. The zero-order valence-corrected chi connectivity index (χ0v) is 8.71. The lowest BCUT2D eigenvalue weighted by molar-refractivity contribution is -0.141. The van der Waals surface area contributed by atoms with Crippen molar-refractivity contribution in [3.05, 3.63) is 29.1 Å². The Kier molecular flexibility index (Phi) is 3.68. The quantitative estimate of drug-likeness (QED) is 0.742. The lowest BCUT2D eigenvalue weighted by Gasteiger charge is -2.12. The first-order valence-corrected chi connectivity index (χ1v) is 4.42. The van der Waals surface area contributed by atoms with Gasteiger partial charge in [-0.1, -0.05) is 0 Å². The summed E-state index contributed by atoms with van der Waals surface area (Å²) in [5, 5.41) is 8.60. The molecule has 0 aliphatic heterocycles. The first-order valence-electron chi connectivity index (χ1n) is 4.42. The van der Waals surface area contributed by atoms with Crippen LogP contribution in [0.25, 0.3) is 0 Å². The molecule has 1 heterocycles. The molecule has 0 amide bonds. The van der Waals surface area contributed by atoms with E-state index in [-0.39, 0.29) is 0 Å². The molecule has 0 fully saturated rings. The Bertz CT molecular complexity index is 477. The van der Waals surface area contributed by atoms with Gasteiger partial charge < -0.3 is 4.74 Å². The lowest BCUT2D eigenvalue weighted by Crippen LogP contribution is -2.16. The van der Waals surface area contributed by atoms with Crippen molar-refractivity contribution in [2.75, 3.05) is 7.11 Å². The fourth-order valence-corrected chi connectivity index (χ4v) is 1.26. The van der Waals surface area contributed by atoms with Crippen molar-refractivity contribution < 1.29 is 22.7 Å². The third-order valence-electron chi connectivity index (χ3n) is 1.97. The Labute approximate surface area is 94.6 Å². The molecule has 90 valence electrons. The van der Waals surface area contributed by atoms with Crippen LogP contribution in [0.5, 0.6) is 0 Å². The van der Waals surface area contributed by atoms with Crippen LogP contribution in [0.3, 0.4) is 0 Å². The first kappa shape index (κ1) is 13.0. The van der Waals surface area contributed by atoms with Crippen LogP contribution in [-0.2, 0) is 22.1 Å². The van der Waals surface area contributed by atoms with Crippen molar-refractivity contribution in [1.29, 1.82) is 5.26 Å². The average Bonchev–Trinajstić information content (AvgIpc) is 2.26. The van der Waals surface area contributed by atoms with Gasteiger partial charge in [0.05, 0.1) is 36.4 Å². The van der Waals surface area contributed by atoms with Crippen LogP contribution in [0.2, 0.25) is 0 Å². The van der Waals surface area contributed by atoms with Crippen LogP contribution < -0.4 is 0 Å². The number of pyridine rings is 1. The number of halogens is 3. The van der Waals surface area contributed by atoms with Gasteiger partial charge in [0.2, 0.25) is 0 Å². The van der Waals surface area contributed by atoms with E-state index in [1.54, 1.807) is 0 Å². The second-order valence-corrected chi connectivity index (χ2v) is 3.04. The number of methoxy groups -OCH3 is 1. The number of hydrogen-bond donors (Lipinski definition) is 0. The van der Waals surface area contributed by atoms with E-state index in [1.807, 2.05) is 0 Å². The highest BCUT2D eigenvalue weighted by Crippen LogP contribution is 2.33. The molecule has 0 N–H and O–H groups in total. The summed E-state index contributed by atoms with van der Waals surface area (Å²) in [4.78, 5) is 14.4. The summed E-state index contributed by atoms with van der Waals surface area (Å²) < 4.78 is 42.4. The molecule has 0 aromatic carbocycles. The van der Waals surface area contributed by atoms with Crippen LogP contribution in [0, 0.1) is 11.3 Å². The van der Waals surface area contributed by atoms with Gasteiger partial charge in [-0.25, -0.2) is 0 Å². The normalized spacial score (nSPS) is 10.8. The summed E-state index contributed by atoms with van der Waals surface area (Å²) in [5.41, 5.74) is -2.26. The Morgan fingerprint density at radius 2 is 2.24 bits per heavy atom. The zero-order chi connectivity index (χ0) is 13.1. The smallest absolute Gasteiger partial charge is 0.419 e. The van der Waals surface area contributed by atoms with Crippen molar-refractivity contribution >= 4 is 5.97 Å². The number of nitriles is 1. The van der Waals surface area contributed by atoms with Crippen molar-refractivity contribution in [3.8, 4) is 6.07 Å². The maximum Gasteiger partial charge on any atom is 0.419 e. The molecule has 17 heavy (non-hydrogen) atoms. The first-order chi connectivity index (χ1) is 7.90. The Hall–Kier alpha value is -2.10. The Morgan fingerprint density at radius 1 is 1.59 bits per heavy atom. The van der Waals surface area contributed by atoms with Gasteiger partial charge in [0.25, 0.3) is 0 Å². The Balaban J connectivity index is 3.31. The summed E-state index contributed by atoms with van der Waals surface area (Å²) >= 11 is 0. The standard InChI is InChI=1S/C10H7F3N2O2/c1-17-8(16)4-7-9(10(11,12)13)6(5-14)2-3-15-7/h2-3H,4H2,1H3. The highest BCUT2D eigenvalue weighted by molar-refractivity contribution is 5.72. The van der Waals surface area contributed by atoms with Crippen LogP contribution in [0.1, 0.15) is 16.8 Å². The van der Waals surface area contributed by atoms with E-state index in [1.165, 1.54) is 6.07 Å². The molecule has 0 aliphatic carbocycles. The predicted molar refractivity (Wildman–Crippen MR) is 49.7 cm³/mol. The van der Waals surface area contributed by atoms with Gasteiger partial charge in [-0.05, 0) is 6.07 Å². The molecule has 0 radical (unpaired) electrons. The average molecular weight is 244 g/mol. The van der Waals surface area contributed by atoms with Crippen molar-refractivity contribution in [1.82, 2.24) is 4.98 Å². The molecule has 0 spiro atoms. The van der Waals surface area contributed by atoms with Gasteiger partial charge in [0.1, 0.15) is 0 Å². The van der Waals surface area contributed by atoms with Gasteiger partial charge in [-0.2, -0.15) is 18.4 Å². The highest BCUT2D eigenvalue weighted by Gasteiger charge is 2.37. The van der Waals surface area contributed by atoms with E-state index < -0.39 is 35.4 Å². The molecule has 0 unspecified atom stereocenters. The molecule has 0 saturated heterocycles. The summed E-state index contributed by atoms with van der Waals surface area (Å²) in [7, 11) is 1.06. The van der Waals surface area contributed by atoms with Crippen LogP contribution in [-0.4, -0.2) is 18.1 Å². The van der Waals surface area contributed by atoms with Crippen molar-refractivity contribution in [3.63, 3.8) is 0 Å². The van der Waals surface area contributed by atoms with E-state index in [0.717, 1.165) is 19.4 Å². The number of carbonyl (C=O) groups excluding carboxylic acids is 1. The van der Waals surface area contributed by atoms with Crippen LogP contribution in [0.15, 0.2) is 12.3 Å². The number of esters is 1. The predicted octanol–water partition coefficient (Wildman–Crippen LogP) is 1.69. The summed E-state index contributed by atoms with van der Waals surface area (Å²) in [6, 6.07) is 2.37. The van der Waals surface area contributed by atoms with E-state index >= 15 is 0 Å². The fraction of sp³-hybridized carbons (Fsp3) is 0.300. The molecule has 0 bridgehead atoms. The molecule has 1 rings (SSSR count). The summed E-state index contributed by atoms with van der Waals surface area (Å²) in [6.45, 7) is 0. The van der Waals surface area contributed by atoms with Crippen LogP contribution >= 0.6 is 0 Å². The van der Waals surface area contributed by atoms with Crippen LogP contribution in [0.4, 0.5) is 13.2 Å². The fourth-order valence-electron chi connectivity index (χ4n) is 1.26. The molecule has 7 heteroatoms. The molecule has 0 saturated carbocycles. The number of aromatic nitrogens is 1. The Morgan fingerprint density at radius 3 is 2.71 bits per heavy atom. The van der Waals surface area contributed by atoms with E-state index in [9.17, 15) is 18.0 Å². The van der Waals surface area contributed by atoms with Crippen molar-refractivity contribution in [2.24, 2.45) is 0 Å². The van der Waals surface area contributed by atoms with E-state index in [2.05, 4.69) is 9.72 Å². The number of ether oxygens (including phenoxy) is 1. The lowest BCUT2D eigenvalue weighted by atomic mass is 10.0. The topological polar surface area (TPSA) is 63.0 Å². The van der Waals surface area contributed by atoms with Gasteiger partial charge >= 0.3 is 12.1 Å². The largest absolute Gasteiger partial charge is 0.469 e. The molecule has 0 atom stereocenters. The minimum absolute atomic E-state index is 0.511. The maximum absolute atomic E-state index is 12.7. The van der Waals surface area contributed by atoms with Gasteiger partial charge in [-0.15, -0.1) is 0 Å². The third-order valence-corrected chi connectivity index (χ3v) is 1.97. The van der Waals surface area contributed by atoms with Gasteiger partial charge in [0, 0.05) is 6.20 Å². The van der Waals surface area contributed by atoms with E-state index in [4.69, 9.17) is 5.26 Å². The molecule has 1 aromatic heterocycles. The molecule has 1 aromatic rings. The number of carbonyl (C=O) groups is 1. The SMILES string of the molecule is COC(=O)Cc1nccc(C#N)c1C(F)(F)F. The summed E-state index contributed by atoms with van der Waals surface area (Å²) in [6.07, 6.45) is -4.31. The number of alkyl halides is 3. The van der Waals surface area contributed by atoms with Gasteiger partial charge in [0.15, 0.2) is 0 Å². The second-order valence-electron chi connectivity index (χ2n) is 3.04. The number of hydrogen-bond acceptors (Lipinski definition) is 4. The van der Waals surface area contributed by atoms with Gasteiger partial charge in [-0.3, -0.25) is 9.78 Å². The van der Waals surface area contributed by atoms with Crippen molar-refractivity contribution in [2.45, 2.75) is 12.6 Å². The summed E-state index contributed by atoms with van der Waals surface area (Å²) in [5.74, 6) is -0.849.